The van der Waals surface area contributed by atoms with E-state index in [9.17, 15) is 28.0 Å². The van der Waals surface area contributed by atoms with Gasteiger partial charge in [0.15, 0.2) is 18.2 Å². The molecule has 3 aliphatic rings. The molecule has 3 saturated heterocycles. The number of nitrogens with zero attached hydrogens (tertiary/aromatic N) is 5. The molecular formula is C24H35N5O6S. The molecule has 12 heteroatoms. The van der Waals surface area contributed by atoms with E-state index < -0.39 is 28.0 Å². The number of likely N-dealkylation sites (N-methyl/N-ethyl adjacent to an activating group) is 1. The lowest BCUT2D eigenvalue weighted by atomic mass is 9.91. The molecule has 36 heavy (non-hydrogen) atoms. The van der Waals surface area contributed by atoms with Gasteiger partial charge in [-0.15, -0.1) is 0 Å². The van der Waals surface area contributed by atoms with E-state index in [-0.39, 0.29) is 47.9 Å². The van der Waals surface area contributed by atoms with E-state index >= 15 is 0 Å². The zero-order valence-corrected chi connectivity index (χ0v) is 21.9. The Bertz CT molecular complexity index is 1120. The first kappa shape index (κ1) is 26.5. The van der Waals surface area contributed by atoms with Gasteiger partial charge in [0.25, 0.3) is 0 Å². The predicted molar refractivity (Wildman–Crippen MR) is 130 cm³/mol. The van der Waals surface area contributed by atoms with Crippen LogP contribution in [0.2, 0.25) is 0 Å². The van der Waals surface area contributed by atoms with E-state index in [4.69, 9.17) is 0 Å². The van der Waals surface area contributed by atoms with Crippen LogP contribution in [0.15, 0.2) is 29.4 Å². The van der Waals surface area contributed by atoms with Crippen molar-refractivity contribution in [1.29, 1.82) is 0 Å². The summed E-state index contributed by atoms with van der Waals surface area (Å²) in [6.07, 6.45) is 3.07. The van der Waals surface area contributed by atoms with Crippen LogP contribution in [0.1, 0.15) is 33.1 Å². The molecular weight excluding hydrogens is 486 g/mol. The van der Waals surface area contributed by atoms with Gasteiger partial charge in [0.2, 0.25) is 21.8 Å². The topological polar surface area (TPSA) is 125 Å². The molecule has 4 rings (SSSR count). The number of ketones is 1. The lowest BCUT2D eigenvalue weighted by Crippen LogP contribution is -2.49. The molecule has 3 fully saturated rings. The third-order valence-corrected chi connectivity index (χ3v) is 9.25. The van der Waals surface area contributed by atoms with Gasteiger partial charge in [0.1, 0.15) is 10.9 Å². The summed E-state index contributed by atoms with van der Waals surface area (Å²) >= 11 is 0. The average Bonchev–Trinajstić information content (AvgIpc) is 3.40. The van der Waals surface area contributed by atoms with Gasteiger partial charge in [0.05, 0.1) is 12.6 Å². The van der Waals surface area contributed by atoms with Gasteiger partial charge in [-0.05, 0) is 31.9 Å². The third-order valence-electron chi connectivity index (χ3n) is 7.40. The predicted octanol–water partition coefficient (Wildman–Crippen LogP) is -0.311. The second kappa shape index (κ2) is 10.4. The van der Waals surface area contributed by atoms with Gasteiger partial charge >= 0.3 is 0 Å². The second-order valence-electron chi connectivity index (χ2n) is 10.5. The molecule has 11 nitrogen and oxygen atoms in total. The van der Waals surface area contributed by atoms with Crippen molar-refractivity contribution in [3.05, 3.63) is 29.7 Å². The first-order chi connectivity index (χ1) is 17.0. The fraction of sp³-hybridized carbons (Fsp3) is 0.667. The van der Waals surface area contributed by atoms with Gasteiger partial charge in [-0.3, -0.25) is 14.4 Å². The Morgan fingerprint density at radius 1 is 1.17 bits per heavy atom. The van der Waals surface area contributed by atoms with Crippen molar-refractivity contribution < 1.29 is 27.5 Å². The number of Topliss-reactive ketones (excluding diaryl/α,β-unsaturated/α-hetero) is 1. The van der Waals surface area contributed by atoms with Crippen molar-refractivity contribution in [2.75, 3.05) is 46.3 Å². The Labute approximate surface area is 212 Å². The van der Waals surface area contributed by atoms with Crippen LogP contribution < -0.4 is 4.73 Å². The minimum Gasteiger partial charge on any atom is -0.619 e. The number of likely N-dealkylation sites (tertiary alicyclic amines) is 1. The number of piperazine rings is 1. The van der Waals surface area contributed by atoms with E-state index in [0.717, 1.165) is 23.6 Å². The van der Waals surface area contributed by atoms with E-state index in [1.807, 2.05) is 20.9 Å². The number of aromatic nitrogens is 1. The first-order valence-electron chi connectivity index (χ1n) is 12.5. The van der Waals surface area contributed by atoms with Gasteiger partial charge < -0.3 is 19.9 Å². The molecule has 198 valence electrons. The number of amides is 2. The van der Waals surface area contributed by atoms with E-state index in [0.29, 0.717) is 30.7 Å². The molecule has 0 N–H and O–H groups in total. The highest BCUT2D eigenvalue weighted by atomic mass is 32.2. The normalized spacial score (nSPS) is 24.4. The number of fused-ring (bicyclic) bond motifs is 1. The molecule has 1 aromatic rings. The van der Waals surface area contributed by atoms with E-state index in [1.165, 1.54) is 23.2 Å². The first-order valence-corrected chi connectivity index (χ1v) is 13.9. The summed E-state index contributed by atoms with van der Waals surface area (Å²) in [4.78, 5) is 45.0. The summed E-state index contributed by atoms with van der Waals surface area (Å²) in [5.74, 6) is -1.05. The number of hydrogen-bond acceptors (Lipinski definition) is 7. The zero-order chi connectivity index (χ0) is 26.2. The maximum atomic E-state index is 13.7. The van der Waals surface area contributed by atoms with E-state index in [2.05, 4.69) is 4.90 Å². The van der Waals surface area contributed by atoms with Crippen molar-refractivity contribution in [2.24, 2.45) is 11.8 Å². The van der Waals surface area contributed by atoms with Crippen LogP contribution >= 0.6 is 0 Å². The van der Waals surface area contributed by atoms with Crippen LogP contribution in [0, 0.1) is 17.0 Å². The summed E-state index contributed by atoms with van der Waals surface area (Å²) in [6, 6.07) is 1.11. The highest BCUT2D eigenvalue weighted by Gasteiger charge is 2.54. The smallest absolute Gasteiger partial charge is 0.249 e. The van der Waals surface area contributed by atoms with Gasteiger partial charge in [-0.2, -0.15) is 9.04 Å². The molecule has 0 saturated carbocycles. The molecule has 0 bridgehead atoms. The summed E-state index contributed by atoms with van der Waals surface area (Å²) in [6.45, 7) is 6.72. The molecule has 0 aromatic carbocycles. The number of sulfonamides is 1. The third kappa shape index (κ3) is 5.25. The molecule has 3 unspecified atom stereocenters. The van der Waals surface area contributed by atoms with Crippen LogP contribution in [0.3, 0.4) is 0 Å². The Kier molecular flexibility index (Phi) is 7.67. The highest BCUT2D eigenvalue weighted by Crippen LogP contribution is 2.35. The van der Waals surface area contributed by atoms with Crippen LogP contribution in [0.5, 0.6) is 0 Å². The number of pyridine rings is 1. The van der Waals surface area contributed by atoms with Gasteiger partial charge in [-0.25, -0.2) is 8.42 Å². The molecule has 3 aliphatic heterocycles. The van der Waals surface area contributed by atoms with Gasteiger partial charge in [0, 0.05) is 51.1 Å². The monoisotopic (exact) mass is 521 g/mol. The zero-order valence-electron chi connectivity index (χ0n) is 21.1. The summed E-state index contributed by atoms with van der Waals surface area (Å²) in [5, 5.41) is 11.6. The number of hydrogen-bond donors (Lipinski definition) is 0. The van der Waals surface area contributed by atoms with Crippen molar-refractivity contribution in [3.8, 4) is 0 Å². The molecule has 0 spiro atoms. The van der Waals surface area contributed by atoms with Crippen molar-refractivity contribution in [2.45, 2.75) is 50.1 Å². The van der Waals surface area contributed by atoms with Gasteiger partial charge in [-0.1, -0.05) is 13.8 Å². The van der Waals surface area contributed by atoms with Crippen LogP contribution in [0.25, 0.3) is 0 Å². The molecule has 4 heterocycles. The molecule has 0 aliphatic carbocycles. The highest BCUT2D eigenvalue weighted by molar-refractivity contribution is 7.89. The number of carbonyl (C=O) groups excluding carboxylic acids is 3. The quantitative estimate of drug-likeness (QED) is 0.356. The van der Waals surface area contributed by atoms with Crippen LogP contribution in [-0.2, 0) is 24.4 Å². The Morgan fingerprint density at radius 2 is 1.86 bits per heavy atom. The average molecular weight is 522 g/mol. The summed E-state index contributed by atoms with van der Waals surface area (Å²) in [7, 11) is -2.08. The summed E-state index contributed by atoms with van der Waals surface area (Å²) < 4.78 is 28.0. The standard InChI is InChI=1S/C24H35N5O6S/c1-17(2)13-18(14-22(31)26-11-9-25(3)10-12-26)24(32)28-8-6-20-23(28)21(30)16-29(20)36(34,35)19-5-4-7-27(33)15-19/h4-5,7,15,17-18,20,23H,6,8-14,16H2,1-3H3. The minimum absolute atomic E-state index is 0.0604. The number of carbonyl (C=O) groups is 3. The lowest BCUT2D eigenvalue weighted by Gasteiger charge is -2.34. The van der Waals surface area contributed by atoms with Crippen molar-refractivity contribution in [3.63, 3.8) is 0 Å². The Morgan fingerprint density at radius 3 is 2.50 bits per heavy atom. The van der Waals surface area contributed by atoms with Crippen molar-refractivity contribution >= 4 is 27.6 Å². The molecule has 0 radical (unpaired) electrons. The number of rotatable bonds is 7. The largest absolute Gasteiger partial charge is 0.619 e. The molecule has 2 amide bonds. The fourth-order valence-electron chi connectivity index (χ4n) is 5.53. The van der Waals surface area contributed by atoms with Crippen LogP contribution in [0.4, 0.5) is 0 Å². The van der Waals surface area contributed by atoms with Crippen molar-refractivity contribution in [1.82, 2.24) is 19.0 Å². The maximum Gasteiger partial charge on any atom is 0.249 e. The second-order valence-corrected chi connectivity index (χ2v) is 12.4. The fourth-order valence-corrected chi connectivity index (χ4v) is 7.17. The van der Waals surface area contributed by atoms with E-state index in [1.54, 1.807) is 4.90 Å². The SMILES string of the molecule is CC(C)CC(CC(=O)N1CCN(C)CC1)C(=O)N1CCC2C1C(=O)CN2S(=O)(=O)c1ccc[n+]([O-])c1. The minimum atomic E-state index is -4.09. The summed E-state index contributed by atoms with van der Waals surface area (Å²) in [5.41, 5.74) is 0. The lowest BCUT2D eigenvalue weighted by molar-refractivity contribution is -0.607. The maximum absolute atomic E-state index is 13.7. The molecule has 3 atom stereocenters. The Balaban J connectivity index is 1.51. The van der Waals surface area contributed by atoms with Crippen LogP contribution in [-0.4, -0.2) is 103 Å². The molecule has 1 aromatic heterocycles. The Hall–Kier alpha value is -2.57.